The van der Waals surface area contributed by atoms with Gasteiger partial charge in [-0.15, -0.1) is 0 Å². The Hall–Kier alpha value is -2.72. The van der Waals surface area contributed by atoms with Gasteiger partial charge >= 0.3 is 30.0 Å². The molecule has 1 N–H and O–H groups in total. The first-order valence-electron chi connectivity index (χ1n) is 17.0. The van der Waals surface area contributed by atoms with Crippen molar-refractivity contribution in [2.24, 2.45) is 28.6 Å². The van der Waals surface area contributed by atoms with Crippen LogP contribution >= 0.6 is 22.6 Å². The van der Waals surface area contributed by atoms with Gasteiger partial charge in [0.05, 0.1) is 6.10 Å². The van der Waals surface area contributed by atoms with Gasteiger partial charge in [-0.05, 0) is 94.3 Å². The van der Waals surface area contributed by atoms with Gasteiger partial charge in [0.2, 0.25) is 12.4 Å². The van der Waals surface area contributed by atoms with Gasteiger partial charge in [-0.25, -0.2) is 4.79 Å². The monoisotopic (exact) mass is 801 g/mol. The smallest absolute Gasteiger partial charge is 0.411 e. The van der Waals surface area contributed by atoms with E-state index in [-0.39, 0.29) is 18.2 Å². The van der Waals surface area contributed by atoms with Gasteiger partial charge in [0.25, 0.3) is 0 Å². The molecule has 49 heavy (non-hydrogen) atoms. The van der Waals surface area contributed by atoms with Crippen LogP contribution in [0.15, 0.2) is 21.3 Å². The zero-order chi connectivity index (χ0) is 35.7. The molecule has 13 nitrogen and oxygen atoms in total. The summed E-state index contributed by atoms with van der Waals surface area (Å²) in [7, 11) is 0. The fourth-order valence-corrected chi connectivity index (χ4v) is 9.86. The summed E-state index contributed by atoms with van der Waals surface area (Å²) in [5.41, 5.74) is 1.92. The third-order valence-corrected chi connectivity index (χ3v) is 12.9. The largest absolute Gasteiger partial charge is 0.463 e. The Morgan fingerprint density at radius 2 is 1.47 bits per heavy atom. The number of allylic oxidation sites excluding steroid dienone is 3. The van der Waals surface area contributed by atoms with Gasteiger partial charge in [0.15, 0.2) is 12.2 Å². The number of nitrogens with one attached hydrogen (secondary N) is 1. The Bertz CT molecular complexity index is 1380. The third-order valence-electron chi connectivity index (χ3n) is 11.3. The van der Waals surface area contributed by atoms with Crippen LogP contribution in [0.1, 0.15) is 86.5 Å². The summed E-state index contributed by atoms with van der Waals surface area (Å²) in [4.78, 5) is 60.6. The second kappa shape index (κ2) is 15.3. The fraction of sp³-hybridized carbons (Fsp3) is 0.743. The van der Waals surface area contributed by atoms with Crippen molar-refractivity contribution < 1.29 is 57.1 Å². The lowest BCUT2D eigenvalue weighted by Crippen LogP contribution is -2.63. The van der Waals surface area contributed by atoms with Crippen molar-refractivity contribution >= 4 is 52.6 Å². The maximum atomic E-state index is 13.0. The van der Waals surface area contributed by atoms with Crippen molar-refractivity contribution in [1.82, 2.24) is 5.32 Å². The van der Waals surface area contributed by atoms with E-state index in [9.17, 15) is 24.0 Å². The van der Waals surface area contributed by atoms with E-state index in [1.165, 1.54) is 35.3 Å². The molecule has 1 aliphatic heterocycles. The minimum absolute atomic E-state index is 0.0789. The highest BCUT2D eigenvalue weighted by atomic mass is 127. The lowest BCUT2D eigenvalue weighted by molar-refractivity contribution is -0.294. The average Bonchev–Trinajstić information content (AvgIpc) is 3.32. The molecule has 0 aromatic carbocycles. The molecule has 3 fully saturated rings. The second-order valence-electron chi connectivity index (χ2n) is 14.3. The van der Waals surface area contributed by atoms with E-state index in [1.54, 1.807) is 0 Å². The number of esters is 4. The number of carbonyl (C=O) groups is 5. The molecular formula is C35H48INO12. The highest BCUT2D eigenvalue weighted by Crippen LogP contribution is 2.65. The van der Waals surface area contributed by atoms with Crippen LogP contribution in [0.4, 0.5) is 4.79 Å². The Kier molecular flexibility index (Phi) is 11.7. The van der Waals surface area contributed by atoms with Gasteiger partial charge < -0.3 is 33.2 Å². The number of carbonyl (C=O) groups excluding carboxylic acids is 5. The molecule has 1 amide bonds. The van der Waals surface area contributed by atoms with Crippen LogP contribution in [0.25, 0.3) is 0 Å². The number of rotatable bonds is 9. The first-order chi connectivity index (χ1) is 23.1. The van der Waals surface area contributed by atoms with Gasteiger partial charge in [0.1, 0.15) is 19.4 Å². The average molecular weight is 802 g/mol. The van der Waals surface area contributed by atoms with Crippen molar-refractivity contribution in [1.29, 1.82) is 0 Å². The number of hydrogen-bond donors (Lipinski definition) is 1. The topological polar surface area (TPSA) is 162 Å². The molecule has 1 heterocycles. The normalized spacial score (nSPS) is 37.9. The number of halogens is 1. The van der Waals surface area contributed by atoms with Gasteiger partial charge in [-0.3, -0.25) is 24.5 Å². The summed E-state index contributed by atoms with van der Waals surface area (Å²) in [6.07, 6.45) is 4.17. The lowest BCUT2D eigenvalue weighted by Gasteiger charge is -2.57. The SMILES string of the molecule is CC(=O)OC[C@H]1OC(OC(=O)NCO[C@H]2CCC3(C)C(=CCC4C3CC[C@]3(C)C(I)=CC[C@@H]43)C2)[C@H](OC(C)=O)[C@@H](OC(C)=O)[C@@H]1OC(C)=O. The molecule has 0 spiro atoms. The van der Waals surface area contributed by atoms with Crippen LogP contribution in [-0.4, -0.2) is 80.1 Å². The van der Waals surface area contributed by atoms with E-state index in [2.05, 4.69) is 53.9 Å². The van der Waals surface area contributed by atoms with E-state index >= 15 is 0 Å². The van der Waals surface area contributed by atoms with Crippen molar-refractivity contribution in [2.45, 2.75) is 123 Å². The van der Waals surface area contributed by atoms with Crippen molar-refractivity contribution in [3.63, 3.8) is 0 Å². The summed E-state index contributed by atoms with van der Waals surface area (Å²) < 4.78 is 40.1. The van der Waals surface area contributed by atoms with E-state index < -0.39 is 67.3 Å². The molecule has 0 radical (unpaired) electrons. The number of hydrogen-bond acceptors (Lipinski definition) is 12. The number of amides is 1. The van der Waals surface area contributed by atoms with Crippen LogP contribution in [0.5, 0.6) is 0 Å². The minimum atomic E-state index is -1.62. The molecular weight excluding hydrogens is 753 g/mol. The van der Waals surface area contributed by atoms with E-state index in [4.69, 9.17) is 33.2 Å². The highest BCUT2D eigenvalue weighted by molar-refractivity contribution is 14.1. The molecule has 2 saturated carbocycles. The van der Waals surface area contributed by atoms with E-state index in [0.29, 0.717) is 23.2 Å². The summed E-state index contributed by atoms with van der Waals surface area (Å²) in [5.74, 6) is -0.935. The van der Waals surface area contributed by atoms with Gasteiger partial charge in [-0.2, -0.15) is 0 Å². The Labute approximate surface area is 300 Å². The maximum Gasteiger partial charge on any atom is 0.411 e. The third kappa shape index (κ3) is 8.11. The number of alkyl carbamates (subject to hydrolysis) is 1. The predicted molar refractivity (Wildman–Crippen MR) is 181 cm³/mol. The minimum Gasteiger partial charge on any atom is -0.463 e. The van der Waals surface area contributed by atoms with Gasteiger partial charge in [-0.1, -0.05) is 31.6 Å². The molecule has 272 valence electrons. The zero-order valence-electron chi connectivity index (χ0n) is 29.0. The zero-order valence-corrected chi connectivity index (χ0v) is 31.1. The molecule has 0 aromatic rings. The van der Waals surface area contributed by atoms with E-state index in [1.807, 2.05) is 0 Å². The first-order valence-corrected chi connectivity index (χ1v) is 18.1. The quantitative estimate of drug-likeness (QED) is 0.109. The molecule has 1 saturated heterocycles. The van der Waals surface area contributed by atoms with Crippen molar-refractivity contribution in [3.8, 4) is 0 Å². The van der Waals surface area contributed by atoms with Crippen LogP contribution < -0.4 is 5.32 Å². The molecule has 14 heteroatoms. The van der Waals surface area contributed by atoms with Gasteiger partial charge in [0, 0.05) is 33.1 Å². The molecule has 4 unspecified atom stereocenters. The van der Waals surface area contributed by atoms with Crippen LogP contribution in [-0.2, 0) is 52.3 Å². The molecule has 0 aromatic heterocycles. The Morgan fingerprint density at radius 3 is 2.14 bits per heavy atom. The summed E-state index contributed by atoms with van der Waals surface area (Å²) in [6.45, 7) is 8.83. The van der Waals surface area contributed by atoms with Crippen molar-refractivity contribution in [2.75, 3.05) is 13.3 Å². The molecule has 4 aliphatic carbocycles. The highest BCUT2D eigenvalue weighted by Gasteiger charge is 2.57. The first kappa shape index (κ1) is 37.5. The lowest BCUT2D eigenvalue weighted by atomic mass is 9.48. The van der Waals surface area contributed by atoms with Crippen molar-refractivity contribution in [3.05, 3.63) is 21.3 Å². The molecule has 5 aliphatic rings. The summed E-state index contributed by atoms with van der Waals surface area (Å²) in [5, 5.41) is 2.57. The van der Waals surface area contributed by atoms with Crippen LogP contribution in [0.2, 0.25) is 0 Å². The molecule has 5 rings (SSSR count). The summed E-state index contributed by atoms with van der Waals surface area (Å²) >= 11 is 2.56. The standard InChI is InChI=1S/C35H48INO12/c1-18(38)43-16-27-29(45-19(2)39)30(46-20(3)40)31(47-21(4)41)32(48-27)49-33(42)37-17-44-23-11-13-34(5)22(15-23)7-8-24-25-9-10-28(36)35(25,6)14-12-26(24)34/h7,10,23-27,29-32H,8-9,11-17H2,1-6H3,(H,37,42)/t23-,24?,25-,26?,27+,29+,30-,31+,32?,34?,35-/m0/s1. The second-order valence-corrected chi connectivity index (χ2v) is 15.5. The molecule has 11 atom stereocenters. The Morgan fingerprint density at radius 1 is 0.816 bits per heavy atom. The molecule has 0 bridgehead atoms. The van der Waals surface area contributed by atoms with Crippen LogP contribution in [0, 0.1) is 28.6 Å². The van der Waals surface area contributed by atoms with E-state index in [0.717, 1.165) is 46.5 Å². The number of fused-ring (bicyclic) bond motifs is 5. The fourth-order valence-electron chi connectivity index (χ4n) is 8.93. The van der Waals surface area contributed by atoms with Crippen LogP contribution in [0.3, 0.4) is 0 Å². The predicted octanol–water partition coefficient (Wildman–Crippen LogP) is 5.03. The summed E-state index contributed by atoms with van der Waals surface area (Å²) in [6, 6.07) is 0. The Balaban J connectivity index is 1.20. The number of ether oxygens (including phenoxy) is 7. The maximum absolute atomic E-state index is 13.0.